The minimum Gasteiger partial charge on any atom is -0.366 e. The summed E-state index contributed by atoms with van der Waals surface area (Å²) in [5, 5.41) is 2.56. The van der Waals surface area contributed by atoms with E-state index in [9.17, 15) is 45.5 Å². The molecule has 0 spiro atoms. The van der Waals surface area contributed by atoms with E-state index >= 15 is 0 Å². The van der Waals surface area contributed by atoms with Crippen molar-refractivity contribution in [2.45, 2.75) is 45.8 Å². The molecule has 0 aliphatic heterocycles. The third-order valence-electron chi connectivity index (χ3n) is 7.05. The molecule has 0 aliphatic carbocycles. The number of pyridine rings is 1. The van der Waals surface area contributed by atoms with Gasteiger partial charge in [-0.3, -0.25) is 35.0 Å². The number of amides is 4. The second-order valence-electron chi connectivity index (χ2n) is 11.2. The molecule has 0 atom stereocenters. The number of carbonyl (C=O) groups excluding carboxylic acids is 4. The lowest BCUT2D eigenvalue weighted by atomic mass is 9.91. The van der Waals surface area contributed by atoms with Gasteiger partial charge in [0.05, 0.1) is 27.4 Å². The van der Waals surface area contributed by atoms with Crippen molar-refractivity contribution in [1.82, 2.24) is 21.2 Å². The van der Waals surface area contributed by atoms with Gasteiger partial charge in [0.1, 0.15) is 5.82 Å². The van der Waals surface area contributed by atoms with Crippen LogP contribution in [0, 0.1) is 23.4 Å². The lowest BCUT2D eigenvalue weighted by Gasteiger charge is -2.20. The number of nitrogens with zero attached hydrogens (tertiary/aromatic N) is 1. The van der Waals surface area contributed by atoms with E-state index in [0.717, 1.165) is 23.5 Å². The van der Waals surface area contributed by atoms with Crippen LogP contribution in [0.25, 0.3) is 10.4 Å². The van der Waals surface area contributed by atoms with Crippen LogP contribution >= 0.6 is 11.3 Å². The van der Waals surface area contributed by atoms with E-state index in [2.05, 4.69) is 10.3 Å². The minimum atomic E-state index is -5.34. The van der Waals surface area contributed by atoms with Crippen LogP contribution < -0.4 is 21.9 Å². The van der Waals surface area contributed by atoms with Crippen molar-refractivity contribution in [2.24, 2.45) is 11.7 Å². The van der Waals surface area contributed by atoms with E-state index in [1.54, 1.807) is 5.43 Å². The van der Waals surface area contributed by atoms with Crippen LogP contribution in [0.15, 0.2) is 54.6 Å². The van der Waals surface area contributed by atoms with Crippen molar-refractivity contribution < 1.29 is 45.5 Å². The van der Waals surface area contributed by atoms with E-state index in [4.69, 9.17) is 5.73 Å². The van der Waals surface area contributed by atoms with Crippen LogP contribution in [0.5, 0.6) is 0 Å². The quantitative estimate of drug-likeness (QED) is 0.119. The number of carbonyl (C=O) groups is 4. The predicted octanol–water partition coefficient (Wildman–Crippen LogP) is 5.56. The number of thiophene rings is 1. The number of halogens is 6. The Hall–Kier alpha value is -5.25. The first kappa shape index (κ1) is 36.6. The Labute approximate surface area is 279 Å². The highest BCUT2D eigenvalue weighted by molar-refractivity contribution is 7.17. The molecule has 0 saturated heterocycles. The summed E-state index contributed by atoms with van der Waals surface area (Å²) < 4.78 is 79.4. The third-order valence-corrected chi connectivity index (χ3v) is 8.15. The second kappa shape index (κ2) is 15.3. The smallest absolute Gasteiger partial charge is 0.366 e. The molecule has 4 rings (SSSR count). The average Bonchev–Trinajstić information content (AvgIpc) is 3.52. The maximum Gasteiger partial charge on any atom is 0.472 e. The van der Waals surface area contributed by atoms with Gasteiger partial charge in [-0.25, -0.2) is 13.2 Å². The topological polar surface area (TPSA) is 143 Å². The first-order valence-corrected chi connectivity index (χ1v) is 15.5. The summed E-state index contributed by atoms with van der Waals surface area (Å²) in [6.45, 7) is 3.49. The van der Waals surface area contributed by atoms with Gasteiger partial charge in [-0.2, -0.15) is 13.2 Å². The molecule has 49 heavy (non-hydrogen) atoms. The molecule has 5 N–H and O–H groups in total. The van der Waals surface area contributed by atoms with Crippen molar-refractivity contribution >= 4 is 35.0 Å². The van der Waals surface area contributed by atoms with Crippen LogP contribution in [0.1, 0.15) is 66.7 Å². The van der Waals surface area contributed by atoms with Gasteiger partial charge >= 0.3 is 12.1 Å². The number of aromatic nitrogens is 1. The molecule has 9 nitrogen and oxygen atoms in total. The van der Waals surface area contributed by atoms with Crippen molar-refractivity contribution in [1.29, 1.82) is 0 Å². The molecule has 2 aromatic carbocycles. The second-order valence-corrected chi connectivity index (χ2v) is 12.3. The van der Waals surface area contributed by atoms with Gasteiger partial charge in [0.25, 0.3) is 17.7 Å². The number of alkyl halides is 3. The standard InChI is InChI=1S/C33H29F6N5O4S/c1-16(2)13-23-26(29(40)45)28(24-11-12-25(49-24)30(46)41-15-18-5-9-20(35)21(36)14-18)27(31(47)43-44-32(48)33(37,38)39)22(42-23)10-6-17-3-7-19(34)8-4-17/h3-5,7-9,11-12,14,16H,6,10,13,15H2,1-2H3,(H2,40,45)(H,41,46)(H,43,47)(H,44,48). The van der Waals surface area contributed by atoms with Crippen molar-refractivity contribution in [3.05, 3.63) is 111 Å². The first-order valence-electron chi connectivity index (χ1n) is 14.6. The summed E-state index contributed by atoms with van der Waals surface area (Å²) in [4.78, 5) is 56.0. The number of benzene rings is 2. The van der Waals surface area contributed by atoms with E-state index in [-0.39, 0.29) is 75.1 Å². The normalized spacial score (nSPS) is 11.4. The summed E-state index contributed by atoms with van der Waals surface area (Å²) >= 11 is 0.808. The molecule has 258 valence electrons. The van der Waals surface area contributed by atoms with Crippen LogP contribution in [-0.2, 0) is 30.6 Å². The summed E-state index contributed by atoms with van der Waals surface area (Å²) in [5.74, 6) is -8.14. The Morgan fingerprint density at radius 1 is 0.816 bits per heavy atom. The molecule has 0 fully saturated rings. The average molecular weight is 706 g/mol. The fourth-order valence-corrected chi connectivity index (χ4v) is 5.81. The Morgan fingerprint density at radius 2 is 1.49 bits per heavy atom. The van der Waals surface area contributed by atoms with Gasteiger partial charge in [0, 0.05) is 17.0 Å². The van der Waals surface area contributed by atoms with E-state index in [0.29, 0.717) is 5.56 Å². The molecule has 0 saturated carbocycles. The number of rotatable bonds is 11. The van der Waals surface area contributed by atoms with Gasteiger partial charge in [-0.15, -0.1) is 11.3 Å². The molecule has 4 amide bonds. The maximum atomic E-state index is 13.6. The Balaban J connectivity index is 1.83. The Kier molecular flexibility index (Phi) is 11.4. The van der Waals surface area contributed by atoms with Gasteiger partial charge in [0.2, 0.25) is 0 Å². The van der Waals surface area contributed by atoms with E-state index < -0.39 is 47.3 Å². The maximum absolute atomic E-state index is 13.6. The highest BCUT2D eigenvalue weighted by Crippen LogP contribution is 2.37. The minimum absolute atomic E-state index is 0.0221. The van der Waals surface area contributed by atoms with Crippen LogP contribution in [-0.4, -0.2) is 34.8 Å². The number of hydrazine groups is 1. The number of aryl methyl sites for hydroxylation is 2. The highest BCUT2D eigenvalue weighted by Gasteiger charge is 2.39. The van der Waals surface area contributed by atoms with Crippen molar-refractivity contribution in [3.63, 3.8) is 0 Å². The predicted molar refractivity (Wildman–Crippen MR) is 168 cm³/mol. The first-order chi connectivity index (χ1) is 23.0. The lowest BCUT2D eigenvalue weighted by molar-refractivity contribution is -0.174. The molecule has 2 heterocycles. The fourth-order valence-electron chi connectivity index (χ4n) is 4.83. The molecule has 4 aromatic rings. The number of nitrogens with two attached hydrogens (primary N) is 1. The van der Waals surface area contributed by atoms with Gasteiger partial charge in [0.15, 0.2) is 11.6 Å². The number of nitrogens with one attached hydrogen (secondary N) is 3. The van der Waals surface area contributed by atoms with Gasteiger partial charge in [-0.05, 0) is 72.7 Å². The van der Waals surface area contributed by atoms with Crippen LogP contribution in [0.4, 0.5) is 26.3 Å². The van der Waals surface area contributed by atoms with Crippen LogP contribution in [0.2, 0.25) is 0 Å². The molecule has 0 aliphatic rings. The van der Waals surface area contributed by atoms with Gasteiger partial charge < -0.3 is 11.1 Å². The van der Waals surface area contributed by atoms with Crippen LogP contribution in [0.3, 0.4) is 0 Å². The van der Waals surface area contributed by atoms with E-state index in [1.807, 2.05) is 13.8 Å². The van der Waals surface area contributed by atoms with Crippen molar-refractivity contribution in [2.75, 3.05) is 0 Å². The monoisotopic (exact) mass is 705 g/mol. The zero-order chi connectivity index (χ0) is 36.0. The number of hydrogen-bond acceptors (Lipinski definition) is 6. The zero-order valence-corrected chi connectivity index (χ0v) is 26.8. The molecule has 0 radical (unpaired) electrons. The van der Waals surface area contributed by atoms with Crippen molar-refractivity contribution in [3.8, 4) is 10.4 Å². The molecule has 0 bridgehead atoms. The number of primary amides is 1. The Bertz CT molecular complexity index is 1890. The summed E-state index contributed by atoms with van der Waals surface area (Å²) in [6, 6.07) is 11.3. The molecular formula is C33H29F6N5O4S. The molecule has 0 unspecified atom stereocenters. The van der Waals surface area contributed by atoms with Gasteiger partial charge in [-0.1, -0.05) is 32.0 Å². The summed E-state index contributed by atoms with van der Waals surface area (Å²) in [7, 11) is 0. The summed E-state index contributed by atoms with van der Waals surface area (Å²) in [6.07, 6.45) is -4.99. The number of hydrogen-bond donors (Lipinski definition) is 4. The lowest BCUT2D eigenvalue weighted by Crippen LogP contribution is -2.48. The molecule has 2 aromatic heterocycles. The molecular weight excluding hydrogens is 676 g/mol. The van der Waals surface area contributed by atoms with E-state index in [1.165, 1.54) is 47.9 Å². The Morgan fingerprint density at radius 3 is 2.10 bits per heavy atom. The SMILES string of the molecule is CC(C)Cc1nc(CCc2ccc(F)cc2)c(C(=O)NNC(=O)C(F)(F)F)c(-c2ccc(C(=O)NCc3ccc(F)c(F)c3)s2)c1C(N)=O. The summed E-state index contributed by atoms with van der Waals surface area (Å²) in [5.41, 5.74) is 9.21. The molecule has 16 heteroatoms. The zero-order valence-electron chi connectivity index (χ0n) is 25.9. The third kappa shape index (κ3) is 9.22. The highest BCUT2D eigenvalue weighted by atomic mass is 32.1. The largest absolute Gasteiger partial charge is 0.472 e. The fraction of sp³-hybridized carbons (Fsp3) is 0.242.